The predicted molar refractivity (Wildman–Crippen MR) is 85.0 cm³/mol. The Morgan fingerprint density at radius 2 is 2.00 bits per heavy atom. The average molecular weight is 317 g/mol. The number of ether oxygens (including phenoxy) is 2. The fourth-order valence-corrected chi connectivity index (χ4v) is 1.69. The summed E-state index contributed by atoms with van der Waals surface area (Å²) in [5, 5.41) is 8.86. The zero-order valence-corrected chi connectivity index (χ0v) is 13.5. The molecule has 0 bridgehead atoms. The fraction of sp³-hybridized carbons (Fsp3) is 0.375. The van der Waals surface area contributed by atoms with Crippen molar-refractivity contribution < 1.29 is 19.1 Å². The van der Waals surface area contributed by atoms with Gasteiger partial charge in [0.1, 0.15) is 17.4 Å². The zero-order chi connectivity index (χ0) is 17.6. The molecule has 7 heteroatoms. The highest BCUT2D eigenvalue weighted by atomic mass is 16.6. The van der Waals surface area contributed by atoms with Crippen molar-refractivity contribution in [2.45, 2.75) is 32.8 Å². The Labute approximate surface area is 134 Å². The number of hydrogen-bond acceptors (Lipinski definition) is 6. The van der Waals surface area contributed by atoms with Gasteiger partial charge in [-0.3, -0.25) is 0 Å². The lowest BCUT2D eigenvalue weighted by molar-refractivity contribution is -0.132. The van der Waals surface area contributed by atoms with Gasteiger partial charge in [0.05, 0.1) is 12.7 Å². The third-order valence-electron chi connectivity index (χ3n) is 2.65. The largest absolute Gasteiger partial charge is 0.465 e. The molecular formula is C16H19N3O4. The smallest absolute Gasteiger partial charge is 0.434 e. The van der Waals surface area contributed by atoms with Gasteiger partial charge in [0.15, 0.2) is 0 Å². The van der Waals surface area contributed by atoms with Crippen molar-refractivity contribution >= 4 is 23.5 Å². The van der Waals surface area contributed by atoms with Gasteiger partial charge >= 0.3 is 12.1 Å². The highest BCUT2D eigenvalue weighted by molar-refractivity contribution is 6.38. The van der Waals surface area contributed by atoms with E-state index in [4.69, 9.17) is 15.7 Å². The lowest BCUT2D eigenvalue weighted by Gasteiger charge is -2.17. The Balaban J connectivity index is 3.04. The van der Waals surface area contributed by atoms with Crippen molar-refractivity contribution in [3.05, 3.63) is 29.3 Å². The van der Waals surface area contributed by atoms with Crippen LogP contribution in [0.2, 0.25) is 0 Å². The van der Waals surface area contributed by atoms with Crippen LogP contribution in [0.1, 0.15) is 31.9 Å². The normalized spacial score (nSPS) is 11.5. The number of nitrogen functional groups attached to an aromatic ring is 1. The van der Waals surface area contributed by atoms with Gasteiger partial charge in [-0.2, -0.15) is 10.3 Å². The Morgan fingerprint density at radius 1 is 1.35 bits per heavy atom. The molecule has 1 rings (SSSR count). The molecule has 0 atom stereocenters. The van der Waals surface area contributed by atoms with Gasteiger partial charge in [0.25, 0.3) is 0 Å². The molecule has 7 nitrogen and oxygen atoms in total. The number of nitrogens with zero attached hydrogens (tertiary/aromatic N) is 2. The van der Waals surface area contributed by atoms with E-state index in [9.17, 15) is 9.59 Å². The minimum Gasteiger partial charge on any atom is -0.465 e. The average Bonchev–Trinajstić information content (AvgIpc) is 2.44. The topological polar surface area (TPSA) is 115 Å². The molecule has 1 amide bonds. The van der Waals surface area contributed by atoms with Crippen LogP contribution in [0.25, 0.3) is 0 Å². The Kier molecular flexibility index (Phi) is 5.85. The number of aliphatic imine (C=N–C) groups is 1. The molecule has 0 spiro atoms. The first-order chi connectivity index (χ1) is 10.7. The summed E-state index contributed by atoms with van der Waals surface area (Å²) in [7, 11) is 1.19. The number of amides is 1. The maximum Gasteiger partial charge on any atom is 0.434 e. The molecular weight excluding hydrogens is 298 g/mol. The molecule has 0 aromatic heterocycles. The van der Waals surface area contributed by atoms with E-state index in [2.05, 4.69) is 9.73 Å². The molecule has 2 N–H and O–H groups in total. The van der Waals surface area contributed by atoms with Crippen molar-refractivity contribution in [1.82, 2.24) is 0 Å². The van der Waals surface area contributed by atoms with Crippen molar-refractivity contribution in [3.8, 4) is 6.07 Å². The second kappa shape index (κ2) is 7.40. The Hall–Kier alpha value is -2.88. The first-order valence-corrected chi connectivity index (χ1v) is 6.83. The molecule has 0 radical (unpaired) electrons. The first kappa shape index (κ1) is 18.2. The van der Waals surface area contributed by atoms with Crippen LogP contribution < -0.4 is 5.73 Å². The molecule has 0 aliphatic carbocycles. The maximum absolute atomic E-state index is 11.8. The van der Waals surface area contributed by atoms with Gasteiger partial charge in [-0.05, 0) is 38.5 Å². The van der Waals surface area contributed by atoms with E-state index in [1.54, 1.807) is 32.9 Å². The van der Waals surface area contributed by atoms with Crippen LogP contribution in [0.15, 0.2) is 23.2 Å². The number of nitrogens with two attached hydrogens (primary N) is 1. The second-order valence-corrected chi connectivity index (χ2v) is 5.74. The summed E-state index contributed by atoms with van der Waals surface area (Å²) >= 11 is 0. The van der Waals surface area contributed by atoms with Gasteiger partial charge in [0, 0.05) is 12.1 Å². The number of methoxy groups -OCH3 is 1. The van der Waals surface area contributed by atoms with E-state index in [0.29, 0.717) is 11.1 Å². The summed E-state index contributed by atoms with van der Waals surface area (Å²) < 4.78 is 9.69. The minimum atomic E-state index is -0.875. The van der Waals surface area contributed by atoms with E-state index in [0.717, 1.165) is 0 Å². The lowest BCUT2D eigenvalue weighted by atomic mass is 10.0. The van der Waals surface area contributed by atoms with E-state index < -0.39 is 17.7 Å². The molecule has 0 fully saturated rings. The van der Waals surface area contributed by atoms with Crippen molar-refractivity contribution in [3.63, 3.8) is 0 Å². The molecule has 1 aromatic rings. The third kappa shape index (κ3) is 5.79. The number of benzene rings is 1. The van der Waals surface area contributed by atoms with E-state index in [1.165, 1.54) is 13.2 Å². The number of rotatable bonds is 3. The number of hydrogen-bond donors (Lipinski definition) is 1. The van der Waals surface area contributed by atoms with Crippen molar-refractivity contribution in [2.24, 2.45) is 4.99 Å². The van der Waals surface area contributed by atoms with Gasteiger partial charge in [-0.25, -0.2) is 9.59 Å². The molecule has 0 aliphatic rings. The molecule has 1 aromatic carbocycles. The predicted octanol–water partition coefficient (Wildman–Crippen LogP) is 2.23. The first-order valence-electron chi connectivity index (χ1n) is 6.83. The fourth-order valence-electron chi connectivity index (χ4n) is 1.69. The van der Waals surface area contributed by atoms with Gasteiger partial charge in [0.2, 0.25) is 0 Å². The molecule has 0 unspecified atom stereocenters. The van der Waals surface area contributed by atoms with Gasteiger partial charge < -0.3 is 15.2 Å². The summed E-state index contributed by atoms with van der Waals surface area (Å²) in [6.45, 7) is 5.08. The van der Waals surface area contributed by atoms with Crippen LogP contribution in [0.5, 0.6) is 0 Å². The minimum absolute atomic E-state index is 0.0296. The number of carbonyl (C=O) groups excluding carboxylic acids is 2. The highest BCUT2D eigenvalue weighted by Gasteiger charge is 2.20. The molecule has 0 saturated heterocycles. The quantitative estimate of drug-likeness (QED) is 0.519. The molecule has 122 valence electrons. The van der Waals surface area contributed by atoms with Crippen LogP contribution in [0, 0.1) is 11.3 Å². The molecule has 0 aliphatic heterocycles. The number of nitriles is 1. The van der Waals surface area contributed by atoms with Crippen molar-refractivity contribution in [1.29, 1.82) is 5.26 Å². The van der Waals surface area contributed by atoms with Crippen LogP contribution in [-0.2, 0) is 20.7 Å². The summed E-state index contributed by atoms with van der Waals surface area (Å²) in [5.41, 5.74) is 6.14. The summed E-state index contributed by atoms with van der Waals surface area (Å²) in [4.78, 5) is 27.2. The van der Waals surface area contributed by atoms with E-state index >= 15 is 0 Å². The highest BCUT2D eigenvalue weighted by Crippen LogP contribution is 2.15. The molecule has 23 heavy (non-hydrogen) atoms. The number of esters is 1. The van der Waals surface area contributed by atoms with Crippen LogP contribution in [0.3, 0.4) is 0 Å². The Morgan fingerprint density at radius 3 is 2.48 bits per heavy atom. The van der Waals surface area contributed by atoms with E-state index in [-0.39, 0.29) is 17.8 Å². The molecule has 0 heterocycles. The van der Waals surface area contributed by atoms with Gasteiger partial charge in [-0.15, -0.1) is 0 Å². The Bertz CT molecular complexity index is 682. The van der Waals surface area contributed by atoms with Crippen LogP contribution in [0.4, 0.5) is 10.5 Å². The van der Waals surface area contributed by atoms with E-state index in [1.807, 2.05) is 6.07 Å². The number of anilines is 1. The summed E-state index contributed by atoms with van der Waals surface area (Å²) in [5.74, 6) is -0.737. The van der Waals surface area contributed by atoms with Gasteiger partial charge in [-0.1, -0.05) is 6.07 Å². The maximum atomic E-state index is 11.8. The summed E-state index contributed by atoms with van der Waals surface area (Å²) in [6.07, 6.45) is -0.846. The van der Waals surface area contributed by atoms with Crippen molar-refractivity contribution in [2.75, 3.05) is 12.8 Å². The summed E-state index contributed by atoms with van der Waals surface area (Å²) in [6, 6.07) is 6.66. The lowest BCUT2D eigenvalue weighted by Crippen LogP contribution is -2.25. The third-order valence-corrected chi connectivity index (χ3v) is 2.65. The van der Waals surface area contributed by atoms with Crippen LogP contribution in [-0.4, -0.2) is 30.5 Å². The number of carbonyl (C=O) groups is 2. The SMILES string of the molecule is COC(=O)C(Cc1ccc(C#N)c(N)c1)=NC(=O)OC(C)(C)C. The van der Waals surface area contributed by atoms with Crippen LogP contribution >= 0.6 is 0 Å². The monoisotopic (exact) mass is 317 g/mol. The second-order valence-electron chi connectivity index (χ2n) is 5.74. The standard InChI is InChI=1S/C16H19N3O4/c1-16(2,3)23-15(21)19-13(14(20)22-4)8-10-5-6-11(9-17)12(18)7-10/h5-7H,8,18H2,1-4H3. The zero-order valence-electron chi connectivity index (χ0n) is 13.5. The molecule has 0 saturated carbocycles.